The summed E-state index contributed by atoms with van der Waals surface area (Å²) in [5, 5.41) is 2.91. The van der Waals surface area contributed by atoms with Crippen LogP contribution in [0.4, 0.5) is 0 Å². The Hall–Kier alpha value is -1.92. The summed E-state index contributed by atoms with van der Waals surface area (Å²) in [6.07, 6.45) is 1.27. The van der Waals surface area contributed by atoms with Crippen molar-refractivity contribution in [3.05, 3.63) is 35.4 Å². The van der Waals surface area contributed by atoms with Gasteiger partial charge in [-0.1, -0.05) is 18.2 Å². The summed E-state index contributed by atoms with van der Waals surface area (Å²) >= 11 is 0. The Labute approximate surface area is 142 Å². The molecule has 0 aromatic heterocycles. The predicted molar refractivity (Wildman–Crippen MR) is 88.9 cm³/mol. The van der Waals surface area contributed by atoms with Gasteiger partial charge >= 0.3 is 5.97 Å². The number of carbonyl (C=O) groups is 2. The van der Waals surface area contributed by atoms with Crippen LogP contribution in [0.3, 0.4) is 0 Å². The number of benzene rings is 1. The highest BCUT2D eigenvalue weighted by atomic mass is 16.6. The standard InChI is InChI=1S/C18H24N2O4/c1-18(13-14-5-2-3-6-15(14)16(21)24-18)17(22)19-7-4-8-20-9-11-23-12-10-20/h2-3,5-6H,4,7-13H2,1H3,(H,19,22). The van der Waals surface area contributed by atoms with E-state index in [2.05, 4.69) is 10.2 Å². The number of rotatable bonds is 5. The molecule has 24 heavy (non-hydrogen) atoms. The van der Waals surface area contributed by atoms with Crippen LogP contribution in [-0.4, -0.2) is 61.8 Å². The topological polar surface area (TPSA) is 67.9 Å². The Morgan fingerprint density at radius 3 is 2.83 bits per heavy atom. The van der Waals surface area contributed by atoms with Crippen LogP contribution in [0.5, 0.6) is 0 Å². The maximum absolute atomic E-state index is 12.5. The van der Waals surface area contributed by atoms with Crippen LogP contribution in [0, 0.1) is 0 Å². The normalized spacial score (nSPS) is 24.1. The molecule has 2 aliphatic heterocycles. The first kappa shape index (κ1) is 16.9. The van der Waals surface area contributed by atoms with Crippen molar-refractivity contribution in [2.24, 2.45) is 0 Å². The van der Waals surface area contributed by atoms with Crippen LogP contribution in [0.2, 0.25) is 0 Å². The molecule has 2 heterocycles. The molecule has 0 aliphatic carbocycles. The van der Waals surface area contributed by atoms with Gasteiger partial charge in [-0.25, -0.2) is 4.79 Å². The monoisotopic (exact) mass is 332 g/mol. The van der Waals surface area contributed by atoms with E-state index in [1.165, 1.54) is 0 Å². The van der Waals surface area contributed by atoms with Crippen molar-refractivity contribution in [1.29, 1.82) is 0 Å². The Morgan fingerprint density at radius 2 is 2.04 bits per heavy atom. The molecule has 0 saturated carbocycles. The number of amides is 1. The summed E-state index contributed by atoms with van der Waals surface area (Å²) in [4.78, 5) is 27.0. The second-order valence-corrected chi connectivity index (χ2v) is 6.52. The number of esters is 1. The van der Waals surface area contributed by atoms with Gasteiger partial charge in [0, 0.05) is 26.1 Å². The molecule has 0 bridgehead atoms. The summed E-state index contributed by atoms with van der Waals surface area (Å²) in [6, 6.07) is 7.28. The molecule has 0 spiro atoms. The third-order valence-electron chi connectivity index (χ3n) is 4.60. The van der Waals surface area contributed by atoms with E-state index in [1.807, 2.05) is 12.1 Å². The van der Waals surface area contributed by atoms with Crippen molar-refractivity contribution in [1.82, 2.24) is 10.2 Å². The molecule has 6 heteroatoms. The zero-order chi connectivity index (χ0) is 17.0. The molecule has 1 unspecified atom stereocenters. The van der Waals surface area contributed by atoms with Gasteiger partial charge in [-0.2, -0.15) is 0 Å². The third kappa shape index (κ3) is 3.76. The molecule has 1 N–H and O–H groups in total. The van der Waals surface area contributed by atoms with E-state index in [0.29, 0.717) is 18.5 Å². The minimum atomic E-state index is -1.13. The summed E-state index contributed by atoms with van der Waals surface area (Å²) < 4.78 is 10.7. The molecule has 130 valence electrons. The van der Waals surface area contributed by atoms with Crippen molar-refractivity contribution >= 4 is 11.9 Å². The Bertz CT molecular complexity index is 613. The Kier molecular flexibility index (Phi) is 5.16. The first-order valence-electron chi connectivity index (χ1n) is 8.48. The number of morpholine rings is 1. The first-order valence-corrected chi connectivity index (χ1v) is 8.48. The van der Waals surface area contributed by atoms with E-state index in [9.17, 15) is 9.59 Å². The van der Waals surface area contributed by atoms with Gasteiger partial charge in [0.1, 0.15) is 0 Å². The minimum absolute atomic E-state index is 0.229. The van der Waals surface area contributed by atoms with E-state index >= 15 is 0 Å². The zero-order valence-electron chi connectivity index (χ0n) is 14.0. The summed E-state index contributed by atoms with van der Waals surface area (Å²) in [7, 11) is 0. The first-order chi connectivity index (χ1) is 11.6. The van der Waals surface area contributed by atoms with E-state index in [0.717, 1.165) is 44.8 Å². The van der Waals surface area contributed by atoms with Crippen molar-refractivity contribution in [3.63, 3.8) is 0 Å². The summed E-state index contributed by atoms with van der Waals surface area (Å²) in [5.41, 5.74) is 0.277. The SMILES string of the molecule is CC1(C(=O)NCCCN2CCOCC2)Cc2ccccc2C(=O)O1. The number of cyclic esters (lactones) is 1. The number of fused-ring (bicyclic) bond motifs is 1. The van der Waals surface area contributed by atoms with Gasteiger partial charge < -0.3 is 14.8 Å². The Balaban J connectivity index is 1.50. The van der Waals surface area contributed by atoms with Gasteiger partial charge in [-0.05, 0) is 31.5 Å². The average Bonchev–Trinajstić information content (AvgIpc) is 2.59. The molecule has 0 radical (unpaired) electrons. The fourth-order valence-corrected chi connectivity index (χ4v) is 3.18. The molecule has 6 nitrogen and oxygen atoms in total. The molecular formula is C18H24N2O4. The maximum atomic E-state index is 12.5. The number of ether oxygens (including phenoxy) is 2. The van der Waals surface area contributed by atoms with E-state index in [-0.39, 0.29) is 5.91 Å². The lowest BCUT2D eigenvalue weighted by Crippen LogP contribution is -2.52. The van der Waals surface area contributed by atoms with Gasteiger partial charge in [0.2, 0.25) is 0 Å². The fourth-order valence-electron chi connectivity index (χ4n) is 3.18. The van der Waals surface area contributed by atoms with Gasteiger partial charge in [0.05, 0.1) is 18.8 Å². The maximum Gasteiger partial charge on any atom is 0.339 e. The van der Waals surface area contributed by atoms with Crippen LogP contribution >= 0.6 is 0 Å². The van der Waals surface area contributed by atoms with Gasteiger partial charge in [0.25, 0.3) is 5.91 Å². The second-order valence-electron chi connectivity index (χ2n) is 6.52. The van der Waals surface area contributed by atoms with Crippen LogP contribution < -0.4 is 5.32 Å². The quantitative estimate of drug-likeness (QED) is 0.643. The van der Waals surface area contributed by atoms with Crippen molar-refractivity contribution in [3.8, 4) is 0 Å². The number of nitrogens with zero attached hydrogens (tertiary/aromatic N) is 1. The minimum Gasteiger partial charge on any atom is -0.445 e. The van der Waals surface area contributed by atoms with Crippen LogP contribution in [-0.2, 0) is 20.7 Å². The van der Waals surface area contributed by atoms with E-state index in [4.69, 9.17) is 9.47 Å². The molecule has 1 aromatic carbocycles. The van der Waals surface area contributed by atoms with Crippen LogP contribution in [0.25, 0.3) is 0 Å². The van der Waals surface area contributed by atoms with Gasteiger partial charge in [0.15, 0.2) is 5.60 Å². The van der Waals surface area contributed by atoms with Crippen molar-refractivity contribution < 1.29 is 19.1 Å². The number of carbonyl (C=O) groups excluding carboxylic acids is 2. The Morgan fingerprint density at radius 1 is 1.29 bits per heavy atom. The van der Waals surface area contributed by atoms with Crippen LogP contribution in [0.1, 0.15) is 29.3 Å². The molecular weight excluding hydrogens is 308 g/mol. The predicted octanol–water partition coefficient (Wildman–Crippen LogP) is 0.997. The molecule has 1 aromatic rings. The largest absolute Gasteiger partial charge is 0.445 e. The lowest BCUT2D eigenvalue weighted by atomic mass is 9.89. The van der Waals surface area contributed by atoms with E-state index in [1.54, 1.807) is 19.1 Å². The molecule has 1 atom stereocenters. The highest BCUT2D eigenvalue weighted by Crippen LogP contribution is 2.28. The number of nitrogens with one attached hydrogen (secondary N) is 1. The summed E-state index contributed by atoms with van der Waals surface area (Å²) in [5.74, 6) is -0.657. The third-order valence-corrected chi connectivity index (χ3v) is 4.60. The molecule has 1 amide bonds. The highest BCUT2D eigenvalue weighted by Gasteiger charge is 2.42. The lowest BCUT2D eigenvalue weighted by Gasteiger charge is -2.33. The van der Waals surface area contributed by atoms with E-state index < -0.39 is 11.6 Å². The number of hydrogen-bond acceptors (Lipinski definition) is 5. The van der Waals surface area contributed by atoms with Gasteiger partial charge in [-0.3, -0.25) is 9.69 Å². The average molecular weight is 332 g/mol. The fraction of sp³-hybridized carbons (Fsp3) is 0.556. The zero-order valence-corrected chi connectivity index (χ0v) is 14.0. The molecule has 1 saturated heterocycles. The molecule has 3 rings (SSSR count). The van der Waals surface area contributed by atoms with Crippen LogP contribution in [0.15, 0.2) is 24.3 Å². The van der Waals surface area contributed by atoms with Crippen molar-refractivity contribution in [2.75, 3.05) is 39.4 Å². The van der Waals surface area contributed by atoms with Gasteiger partial charge in [-0.15, -0.1) is 0 Å². The lowest BCUT2D eigenvalue weighted by molar-refractivity contribution is -0.139. The number of hydrogen-bond donors (Lipinski definition) is 1. The summed E-state index contributed by atoms with van der Waals surface area (Å²) in [6.45, 7) is 6.63. The second kappa shape index (κ2) is 7.32. The smallest absolute Gasteiger partial charge is 0.339 e. The van der Waals surface area contributed by atoms with Crippen molar-refractivity contribution in [2.45, 2.75) is 25.4 Å². The highest BCUT2D eigenvalue weighted by molar-refractivity contribution is 5.97. The molecule has 1 fully saturated rings. The molecule has 2 aliphatic rings.